The standard InChI is InChI=1S/C23H26Cl2N2O4/c1-2-3-19(12-26-20(29)13-28)27-21(30)14-31-23(16-6-10-18(25)11-7-16)22(27)15-4-8-17(24)9-5-15/h4-11,19,22-23,28H,2-3,12-14H2,1H3,(H,26,29)/t19-,22?,23?/m0/s1. The van der Waals surface area contributed by atoms with Crippen LogP contribution in [-0.4, -0.2) is 47.6 Å². The highest BCUT2D eigenvalue weighted by Gasteiger charge is 2.41. The zero-order valence-electron chi connectivity index (χ0n) is 17.3. The lowest BCUT2D eigenvalue weighted by Gasteiger charge is -2.45. The minimum Gasteiger partial charge on any atom is -0.387 e. The molecular weight excluding hydrogens is 439 g/mol. The van der Waals surface area contributed by atoms with Crippen molar-refractivity contribution in [1.29, 1.82) is 0 Å². The molecule has 3 atom stereocenters. The predicted octanol–water partition coefficient (Wildman–Crippen LogP) is 3.91. The van der Waals surface area contributed by atoms with Crippen LogP contribution < -0.4 is 5.32 Å². The molecule has 2 aromatic rings. The molecule has 1 heterocycles. The summed E-state index contributed by atoms with van der Waals surface area (Å²) in [5, 5.41) is 13.0. The molecule has 1 fully saturated rings. The van der Waals surface area contributed by atoms with Crippen molar-refractivity contribution in [1.82, 2.24) is 10.2 Å². The molecule has 8 heteroatoms. The van der Waals surface area contributed by atoms with E-state index in [1.807, 2.05) is 36.1 Å². The second-order valence-corrected chi connectivity index (χ2v) is 8.36. The van der Waals surface area contributed by atoms with Gasteiger partial charge in [-0.2, -0.15) is 0 Å². The molecule has 6 nitrogen and oxygen atoms in total. The summed E-state index contributed by atoms with van der Waals surface area (Å²) in [6.07, 6.45) is 1.10. The number of aliphatic hydroxyl groups excluding tert-OH is 1. The van der Waals surface area contributed by atoms with Crippen LogP contribution in [0.15, 0.2) is 48.5 Å². The molecule has 1 aliphatic rings. The van der Waals surface area contributed by atoms with Gasteiger partial charge in [-0.05, 0) is 41.8 Å². The van der Waals surface area contributed by atoms with E-state index in [9.17, 15) is 9.59 Å². The summed E-state index contributed by atoms with van der Waals surface area (Å²) in [6, 6.07) is 14.1. The number of rotatable bonds is 8. The maximum absolute atomic E-state index is 13.1. The van der Waals surface area contributed by atoms with Gasteiger partial charge in [0.1, 0.15) is 19.3 Å². The number of halogens is 2. The first kappa shape index (κ1) is 23.5. The third-order valence-electron chi connectivity index (χ3n) is 5.36. The lowest BCUT2D eigenvalue weighted by Crippen LogP contribution is -2.54. The molecule has 0 saturated carbocycles. The number of nitrogens with one attached hydrogen (secondary N) is 1. The summed E-state index contributed by atoms with van der Waals surface area (Å²) in [4.78, 5) is 26.6. The lowest BCUT2D eigenvalue weighted by molar-refractivity contribution is -0.163. The number of amides is 2. The zero-order valence-corrected chi connectivity index (χ0v) is 18.8. The third-order valence-corrected chi connectivity index (χ3v) is 5.87. The fourth-order valence-corrected chi connectivity index (χ4v) is 4.20. The summed E-state index contributed by atoms with van der Waals surface area (Å²) in [6.45, 7) is 1.62. The van der Waals surface area contributed by atoms with Gasteiger partial charge < -0.3 is 20.1 Å². The van der Waals surface area contributed by atoms with Crippen molar-refractivity contribution in [3.8, 4) is 0 Å². The molecule has 2 amide bonds. The van der Waals surface area contributed by atoms with Gasteiger partial charge in [0.15, 0.2) is 0 Å². The van der Waals surface area contributed by atoms with E-state index in [-0.39, 0.29) is 25.1 Å². The maximum Gasteiger partial charge on any atom is 0.249 e. The average molecular weight is 465 g/mol. The highest BCUT2D eigenvalue weighted by Crippen LogP contribution is 2.42. The number of aliphatic hydroxyl groups is 1. The van der Waals surface area contributed by atoms with E-state index in [4.69, 9.17) is 33.0 Å². The number of hydrogen-bond acceptors (Lipinski definition) is 4. The molecule has 2 N–H and O–H groups in total. The van der Waals surface area contributed by atoms with E-state index in [1.54, 1.807) is 24.3 Å². The Balaban J connectivity index is 2.03. The number of benzene rings is 2. The van der Waals surface area contributed by atoms with Crippen molar-refractivity contribution in [3.05, 3.63) is 69.7 Å². The first-order chi connectivity index (χ1) is 14.9. The Morgan fingerprint density at radius 3 is 2.26 bits per heavy atom. The van der Waals surface area contributed by atoms with E-state index < -0.39 is 24.7 Å². The minimum atomic E-state index is -0.593. The van der Waals surface area contributed by atoms with Crippen LogP contribution in [0.25, 0.3) is 0 Å². The number of morpholine rings is 1. The summed E-state index contributed by atoms with van der Waals surface area (Å²) >= 11 is 12.2. The number of nitrogens with zero attached hydrogens (tertiary/aromatic N) is 1. The minimum absolute atomic E-state index is 0.0639. The summed E-state index contributed by atoms with van der Waals surface area (Å²) in [7, 11) is 0. The topological polar surface area (TPSA) is 78.9 Å². The molecule has 0 radical (unpaired) electrons. The zero-order chi connectivity index (χ0) is 22.4. The van der Waals surface area contributed by atoms with Crippen molar-refractivity contribution < 1.29 is 19.4 Å². The third kappa shape index (κ3) is 5.77. The van der Waals surface area contributed by atoms with Gasteiger partial charge in [-0.25, -0.2) is 0 Å². The maximum atomic E-state index is 13.1. The van der Waals surface area contributed by atoms with Crippen LogP contribution in [-0.2, 0) is 14.3 Å². The van der Waals surface area contributed by atoms with Gasteiger partial charge >= 0.3 is 0 Å². The van der Waals surface area contributed by atoms with E-state index in [1.165, 1.54) is 0 Å². The van der Waals surface area contributed by atoms with Crippen LogP contribution in [0.5, 0.6) is 0 Å². The highest BCUT2D eigenvalue weighted by molar-refractivity contribution is 6.30. The Bertz CT molecular complexity index is 889. The Kier molecular flexibility index (Phi) is 8.32. The van der Waals surface area contributed by atoms with Crippen LogP contribution in [0.3, 0.4) is 0 Å². The average Bonchev–Trinajstić information content (AvgIpc) is 2.77. The monoisotopic (exact) mass is 464 g/mol. The quantitative estimate of drug-likeness (QED) is 0.620. The molecule has 2 unspecified atom stereocenters. The van der Waals surface area contributed by atoms with Crippen LogP contribution in [0, 0.1) is 0 Å². The summed E-state index contributed by atoms with van der Waals surface area (Å²) < 4.78 is 6.02. The molecule has 0 aliphatic carbocycles. The van der Waals surface area contributed by atoms with Crippen LogP contribution >= 0.6 is 23.2 Å². The van der Waals surface area contributed by atoms with Crippen molar-refractivity contribution >= 4 is 35.0 Å². The van der Waals surface area contributed by atoms with Gasteiger partial charge in [-0.3, -0.25) is 9.59 Å². The molecule has 0 bridgehead atoms. The van der Waals surface area contributed by atoms with Crippen molar-refractivity contribution in [2.24, 2.45) is 0 Å². The normalized spacial score (nSPS) is 19.9. The fourth-order valence-electron chi connectivity index (χ4n) is 3.95. The number of hydrogen-bond donors (Lipinski definition) is 2. The molecule has 2 aromatic carbocycles. The van der Waals surface area contributed by atoms with E-state index in [0.29, 0.717) is 16.5 Å². The molecule has 0 spiro atoms. The van der Waals surface area contributed by atoms with Crippen LogP contribution in [0.2, 0.25) is 10.0 Å². The summed E-state index contributed by atoms with van der Waals surface area (Å²) in [5.74, 6) is -0.624. The number of carbonyl (C=O) groups is 2. The van der Waals surface area contributed by atoms with E-state index >= 15 is 0 Å². The lowest BCUT2D eigenvalue weighted by atomic mass is 9.90. The Morgan fingerprint density at radius 1 is 1.13 bits per heavy atom. The van der Waals surface area contributed by atoms with Gasteiger partial charge in [-0.1, -0.05) is 60.8 Å². The molecule has 166 valence electrons. The second kappa shape index (κ2) is 11.0. The predicted molar refractivity (Wildman–Crippen MR) is 120 cm³/mol. The SMILES string of the molecule is CCC[C@@H](CNC(=O)CO)N1C(=O)COC(c2ccc(Cl)cc2)C1c1ccc(Cl)cc1. The highest BCUT2D eigenvalue weighted by atomic mass is 35.5. The number of ether oxygens (including phenoxy) is 1. The largest absolute Gasteiger partial charge is 0.387 e. The van der Waals surface area contributed by atoms with E-state index in [0.717, 1.165) is 17.5 Å². The molecule has 31 heavy (non-hydrogen) atoms. The fraction of sp³-hybridized carbons (Fsp3) is 0.391. The van der Waals surface area contributed by atoms with Gasteiger partial charge in [0.05, 0.1) is 6.04 Å². The van der Waals surface area contributed by atoms with Crippen molar-refractivity contribution in [2.45, 2.75) is 38.0 Å². The first-order valence-electron chi connectivity index (χ1n) is 10.3. The first-order valence-corrected chi connectivity index (χ1v) is 11.0. The molecule has 1 saturated heterocycles. The second-order valence-electron chi connectivity index (χ2n) is 7.49. The van der Waals surface area contributed by atoms with Crippen molar-refractivity contribution in [3.63, 3.8) is 0 Å². The van der Waals surface area contributed by atoms with Gasteiger partial charge in [0, 0.05) is 22.6 Å². The van der Waals surface area contributed by atoms with Crippen molar-refractivity contribution in [2.75, 3.05) is 19.8 Å². The Morgan fingerprint density at radius 2 is 1.71 bits per heavy atom. The van der Waals surface area contributed by atoms with E-state index in [2.05, 4.69) is 5.32 Å². The molecule has 0 aromatic heterocycles. The summed E-state index contributed by atoms with van der Waals surface area (Å²) in [5.41, 5.74) is 1.78. The molecule has 3 rings (SSSR count). The smallest absolute Gasteiger partial charge is 0.249 e. The van der Waals surface area contributed by atoms with Crippen LogP contribution in [0.4, 0.5) is 0 Å². The Hall–Kier alpha value is -2.12. The number of carbonyl (C=O) groups excluding carboxylic acids is 2. The van der Waals surface area contributed by atoms with Crippen LogP contribution in [0.1, 0.15) is 43.0 Å². The Labute approximate surface area is 192 Å². The van der Waals surface area contributed by atoms with Gasteiger partial charge in [0.2, 0.25) is 11.8 Å². The van der Waals surface area contributed by atoms with Gasteiger partial charge in [0.25, 0.3) is 0 Å². The van der Waals surface area contributed by atoms with Gasteiger partial charge in [-0.15, -0.1) is 0 Å². The molecule has 1 aliphatic heterocycles. The molecular formula is C23H26Cl2N2O4.